The molecule has 1 aromatic heterocycles. The van der Waals surface area contributed by atoms with Crippen LogP contribution in [0.2, 0.25) is 10.0 Å². The quantitative estimate of drug-likeness (QED) is 0.330. The molecule has 4 rings (SSSR count). The van der Waals surface area contributed by atoms with Gasteiger partial charge >= 0.3 is 0 Å². The van der Waals surface area contributed by atoms with E-state index in [2.05, 4.69) is 4.98 Å². The molecule has 7 heteroatoms. The molecule has 0 aliphatic carbocycles. The van der Waals surface area contributed by atoms with E-state index in [0.29, 0.717) is 21.2 Å². The van der Waals surface area contributed by atoms with Crippen molar-refractivity contribution in [1.29, 1.82) is 0 Å². The Hall–Kier alpha value is -3.15. The van der Waals surface area contributed by atoms with Crippen molar-refractivity contribution >= 4 is 40.7 Å². The molecule has 1 aliphatic rings. The SMILES string of the molecule is Cc1ccc(C(O)=C2C(=O)C(=O)N(Cc3cccnc3)[C@@H]2c2ccc(Cl)cc2Cl)cc1. The van der Waals surface area contributed by atoms with E-state index in [1.807, 2.05) is 25.1 Å². The average Bonchev–Trinajstić information content (AvgIpc) is 2.99. The Morgan fingerprint density at radius 2 is 1.84 bits per heavy atom. The molecule has 3 aromatic rings. The van der Waals surface area contributed by atoms with Crippen molar-refractivity contribution in [2.45, 2.75) is 19.5 Å². The first-order chi connectivity index (χ1) is 14.9. The zero-order valence-electron chi connectivity index (χ0n) is 16.5. The average molecular weight is 453 g/mol. The molecular weight excluding hydrogens is 435 g/mol. The lowest BCUT2D eigenvalue weighted by atomic mass is 9.95. The number of hydrogen-bond donors (Lipinski definition) is 1. The van der Waals surface area contributed by atoms with Gasteiger partial charge in [-0.3, -0.25) is 14.6 Å². The topological polar surface area (TPSA) is 70.5 Å². The van der Waals surface area contributed by atoms with Gasteiger partial charge < -0.3 is 10.0 Å². The van der Waals surface area contributed by atoms with Gasteiger partial charge in [0.2, 0.25) is 0 Å². The van der Waals surface area contributed by atoms with Crippen molar-refractivity contribution < 1.29 is 14.7 Å². The zero-order valence-corrected chi connectivity index (χ0v) is 18.1. The Labute approximate surface area is 189 Å². The summed E-state index contributed by atoms with van der Waals surface area (Å²) >= 11 is 12.5. The summed E-state index contributed by atoms with van der Waals surface area (Å²) in [5.74, 6) is -1.73. The third-order valence-electron chi connectivity index (χ3n) is 5.20. The van der Waals surface area contributed by atoms with E-state index in [9.17, 15) is 14.7 Å². The maximum Gasteiger partial charge on any atom is 0.295 e. The lowest BCUT2D eigenvalue weighted by Crippen LogP contribution is -2.29. The predicted molar refractivity (Wildman–Crippen MR) is 120 cm³/mol. The van der Waals surface area contributed by atoms with Gasteiger partial charge in [-0.2, -0.15) is 0 Å². The third-order valence-corrected chi connectivity index (χ3v) is 5.76. The summed E-state index contributed by atoms with van der Waals surface area (Å²) in [6, 6.07) is 14.6. The zero-order chi connectivity index (χ0) is 22.1. The highest BCUT2D eigenvalue weighted by Crippen LogP contribution is 2.43. The number of aliphatic hydroxyl groups is 1. The molecule has 5 nitrogen and oxygen atoms in total. The number of benzene rings is 2. The van der Waals surface area contributed by atoms with Gasteiger partial charge in [-0.25, -0.2) is 0 Å². The van der Waals surface area contributed by atoms with Crippen LogP contribution in [0.4, 0.5) is 0 Å². The highest BCUT2D eigenvalue weighted by atomic mass is 35.5. The van der Waals surface area contributed by atoms with E-state index in [-0.39, 0.29) is 17.9 Å². The smallest absolute Gasteiger partial charge is 0.295 e. The number of hydrogen-bond acceptors (Lipinski definition) is 4. The summed E-state index contributed by atoms with van der Waals surface area (Å²) in [6.45, 7) is 2.05. The van der Waals surface area contributed by atoms with Gasteiger partial charge in [-0.05, 0) is 36.2 Å². The van der Waals surface area contributed by atoms with Crippen LogP contribution in [0.1, 0.15) is 28.3 Å². The van der Waals surface area contributed by atoms with Crippen molar-refractivity contribution in [1.82, 2.24) is 9.88 Å². The van der Waals surface area contributed by atoms with E-state index in [4.69, 9.17) is 23.2 Å². The maximum atomic E-state index is 13.1. The summed E-state index contributed by atoms with van der Waals surface area (Å²) in [5.41, 5.74) is 2.69. The molecule has 2 heterocycles. The number of ketones is 1. The van der Waals surface area contributed by atoms with Crippen LogP contribution in [-0.2, 0) is 16.1 Å². The first-order valence-electron chi connectivity index (χ1n) is 9.56. The molecule has 1 N–H and O–H groups in total. The van der Waals surface area contributed by atoms with Crippen LogP contribution in [0.15, 0.2) is 72.6 Å². The highest BCUT2D eigenvalue weighted by molar-refractivity contribution is 6.47. The molecule has 1 atom stereocenters. The Morgan fingerprint density at radius 3 is 2.48 bits per heavy atom. The van der Waals surface area contributed by atoms with Gasteiger partial charge in [0.25, 0.3) is 11.7 Å². The van der Waals surface area contributed by atoms with Crippen LogP contribution in [0.25, 0.3) is 5.76 Å². The minimum Gasteiger partial charge on any atom is -0.507 e. The molecule has 31 heavy (non-hydrogen) atoms. The van der Waals surface area contributed by atoms with Crippen LogP contribution in [0, 0.1) is 6.92 Å². The fourth-order valence-electron chi connectivity index (χ4n) is 3.64. The molecule has 1 saturated heterocycles. The molecule has 156 valence electrons. The van der Waals surface area contributed by atoms with Crippen molar-refractivity contribution in [2.75, 3.05) is 0 Å². The van der Waals surface area contributed by atoms with E-state index < -0.39 is 17.7 Å². The highest BCUT2D eigenvalue weighted by Gasteiger charge is 2.46. The minimum absolute atomic E-state index is 0.0121. The monoisotopic (exact) mass is 452 g/mol. The number of aromatic nitrogens is 1. The van der Waals surface area contributed by atoms with Crippen molar-refractivity contribution in [3.05, 3.63) is 105 Å². The Balaban J connectivity index is 1.89. The van der Waals surface area contributed by atoms with Crippen LogP contribution >= 0.6 is 23.2 Å². The Bertz CT molecular complexity index is 1190. The number of nitrogens with zero attached hydrogens (tertiary/aromatic N) is 2. The fraction of sp³-hybridized carbons (Fsp3) is 0.125. The van der Waals surface area contributed by atoms with Crippen molar-refractivity contribution in [2.24, 2.45) is 0 Å². The van der Waals surface area contributed by atoms with Gasteiger partial charge in [0.15, 0.2) is 0 Å². The van der Waals surface area contributed by atoms with Crippen molar-refractivity contribution in [3.63, 3.8) is 0 Å². The molecular formula is C24H18Cl2N2O3. The second-order valence-electron chi connectivity index (χ2n) is 7.32. The van der Waals surface area contributed by atoms with E-state index in [1.165, 1.54) is 4.90 Å². The van der Waals surface area contributed by atoms with Crippen LogP contribution in [-0.4, -0.2) is 26.7 Å². The summed E-state index contributed by atoms with van der Waals surface area (Å²) < 4.78 is 0. The molecule has 0 bridgehead atoms. The number of aliphatic hydroxyl groups excluding tert-OH is 1. The largest absolute Gasteiger partial charge is 0.507 e. The van der Waals surface area contributed by atoms with E-state index >= 15 is 0 Å². The number of Topliss-reactive ketones (excluding diaryl/α,β-unsaturated/α-hetero) is 1. The number of pyridine rings is 1. The third kappa shape index (κ3) is 4.07. The number of aryl methyl sites for hydroxylation is 1. The maximum absolute atomic E-state index is 13.1. The number of halogens is 2. The number of likely N-dealkylation sites (tertiary alicyclic amines) is 1. The summed E-state index contributed by atoms with van der Waals surface area (Å²) in [4.78, 5) is 31.5. The first-order valence-corrected chi connectivity index (χ1v) is 10.3. The first kappa shape index (κ1) is 21.1. The van der Waals surface area contributed by atoms with Gasteiger partial charge in [-0.1, -0.05) is 65.2 Å². The molecule has 0 unspecified atom stereocenters. The van der Waals surface area contributed by atoms with Crippen LogP contribution in [0.3, 0.4) is 0 Å². The Morgan fingerprint density at radius 1 is 1.10 bits per heavy atom. The lowest BCUT2D eigenvalue weighted by Gasteiger charge is -2.26. The standard InChI is InChI=1S/C24H18Cl2N2O3/c1-14-4-6-16(7-5-14)22(29)20-21(18-9-8-17(25)11-19(18)26)28(24(31)23(20)30)13-15-3-2-10-27-12-15/h2-12,21,29H,13H2,1H3/t21-/m1/s1. The number of carbonyl (C=O) groups excluding carboxylic acids is 2. The molecule has 1 amide bonds. The summed E-state index contributed by atoms with van der Waals surface area (Å²) in [6.07, 6.45) is 3.25. The van der Waals surface area contributed by atoms with Gasteiger partial charge in [0, 0.05) is 34.5 Å². The molecule has 1 fully saturated rings. The molecule has 0 saturated carbocycles. The predicted octanol–water partition coefficient (Wildman–Crippen LogP) is 5.32. The molecule has 0 spiro atoms. The van der Waals surface area contributed by atoms with Gasteiger partial charge in [0.1, 0.15) is 5.76 Å². The van der Waals surface area contributed by atoms with Crippen LogP contribution < -0.4 is 0 Å². The molecule has 2 aromatic carbocycles. The molecule has 0 radical (unpaired) electrons. The minimum atomic E-state index is -0.869. The summed E-state index contributed by atoms with van der Waals surface area (Å²) in [5, 5.41) is 11.8. The van der Waals surface area contributed by atoms with Gasteiger partial charge in [0.05, 0.1) is 11.6 Å². The summed E-state index contributed by atoms with van der Waals surface area (Å²) in [7, 11) is 0. The van der Waals surface area contributed by atoms with Crippen LogP contribution in [0.5, 0.6) is 0 Å². The van der Waals surface area contributed by atoms with E-state index in [0.717, 1.165) is 11.1 Å². The number of rotatable bonds is 4. The Kier molecular flexibility index (Phi) is 5.81. The second kappa shape index (κ2) is 8.53. The number of carbonyl (C=O) groups is 2. The second-order valence-corrected chi connectivity index (χ2v) is 8.16. The van der Waals surface area contributed by atoms with E-state index in [1.54, 1.807) is 48.8 Å². The lowest BCUT2D eigenvalue weighted by molar-refractivity contribution is -0.140. The van der Waals surface area contributed by atoms with Gasteiger partial charge in [-0.15, -0.1) is 0 Å². The molecule has 1 aliphatic heterocycles. The number of amides is 1. The fourth-order valence-corrected chi connectivity index (χ4v) is 4.16. The normalized spacial score (nSPS) is 17.9. The van der Waals surface area contributed by atoms with Crippen molar-refractivity contribution in [3.8, 4) is 0 Å².